The number of likely N-dealkylation sites (tertiary alicyclic amines) is 1. The molecule has 3 amide bonds. The van der Waals surface area contributed by atoms with Crippen LogP contribution in [0.15, 0.2) is 24.3 Å². The van der Waals surface area contributed by atoms with E-state index in [1.165, 1.54) is 9.60 Å². The van der Waals surface area contributed by atoms with Crippen molar-refractivity contribution in [2.24, 2.45) is 0 Å². The second-order valence-electron chi connectivity index (χ2n) is 8.29. The summed E-state index contributed by atoms with van der Waals surface area (Å²) in [5.74, 6) is -0.0224. The first kappa shape index (κ1) is 18.1. The average molecular weight is 399 g/mol. The van der Waals surface area contributed by atoms with Gasteiger partial charge in [0.15, 0.2) is 0 Å². The van der Waals surface area contributed by atoms with Gasteiger partial charge in [0.1, 0.15) is 10.5 Å². The van der Waals surface area contributed by atoms with Crippen LogP contribution in [0.1, 0.15) is 62.4 Å². The fourth-order valence-corrected chi connectivity index (χ4v) is 6.09. The first-order valence-electron chi connectivity index (χ1n) is 10.4. The summed E-state index contributed by atoms with van der Waals surface area (Å²) in [5.41, 5.74) is 0.389. The minimum absolute atomic E-state index is 0.0224. The maximum absolute atomic E-state index is 13.2. The Balaban J connectivity index is 1.38. The molecule has 1 N–H and O–H groups in total. The molecular weight excluding hydrogens is 372 g/mol. The summed E-state index contributed by atoms with van der Waals surface area (Å²) in [6.07, 6.45) is 7.99. The number of urea groups is 1. The van der Waals surface area contributed by atoms with Gasteiger partial charge in [-0.15, -0.1) is 11.3 Å². The molecule has 2 aromatic rings. The van der Waals surface area contributed by atoms with Gasteiger partial charge in [0, 0.05) is 6.54 Å². The van der Waals surface area contributed by atoms with Crippen molar-refractivity contribution in [1.82, 2.24) is 20.1 Å². The van der Waals surface area contributed by atoms with Crippen LogP contribution in [0.5, 0.6) is 0 Å². The van der Waals surface area contributed by atoms with E-state index in [9.17, 15) is 9.59 Å². The van der Waals surface area contributed by atoms with E-state index in [1.807, 2.05) is 18.2 Å². The van der Waals surface area contributed by atoms with Gasteiger partial charge in [-0.25, -0.2) is 14.7 Å². The lowest BCUT2D eigenvalue weighted by Crippen LogP contribution is -2.49. The number of benzene rings is 1. The number of aromatic nitrogens is 1. The van der Waals surface area contributed by atoms with Crippen LogP contribution in [-0.4, -0.2) is 45.5 Å². The molecule has 2 aliphatic heterocycles. The van der Waals surface area contributed by atoms with Gasteiger partial charge in [-0.2, -0.15) is 0 Å². The largest absolute Gasteiger partial charge is 0.326 e. The molecule has 7 heteroatoms. The normalized spacial score (nSPS) is 25.6. The standard InChI is InChI=1S/C21H26N4O2S/c26-19-21(11-5-1-6-12-21)23-20(27)25(19)14-24-13-7-4-9-16(24)18-22-15-8-2-3-10-17(15)28-18/h2-3,8,10,16H,1,4-7,9,11-14H2,(H,23,27)/t16-/m0/s1. The third-order valence-electron chi connectivity index (χ3n) is 6.49. The van der Waals surface area contributed by atoms with E-state index in [4.69, 9.17) is 4.98 Å². The van der Waals surface area contributed by atoms with Crippen LogP contribution in [0.3, 0.4) is 0 Å². The number of hydrogen-bond donors (Lipinski definition) is 1. The molecule has 0 radical (unpaired) electrons. The summed E-state index contributed by atoms with van der Waals surface area (Å²) >= 11 is 1.73. The number of amides is 3. The highest BCUT2D eigenvalue weighted by atomic mass is 32.1. The molecule has 0 bridgehead atoms. The minimum atomic E-state index is -0.642. The summed E-state index contributed by atoms with van der Waals surface area (Å²) in [5, 5.41) is 4.13. The first-order chi connectivity index (χ1) is 13.7. The van der Waals surface area contributed by atoms with Crippen LogP contribution in [-0.2, 0) is 4.79 Å². The summed E-state index contributed by atoms with van der Waals surface area (Å²) < 4.78 is 1.19. The van der Waals surface area contributed by atoms with Crippen molar-refractivity contribution in [2.75, 3.05) is 13.2 Å². The SMILES string of the molecule is O=C1NC2(CCCCC2)C(=O)N1CN1CCCC[C@H]1c1nc2ccccc2s1. The molecule has 1 atom stereocenters. The lowest BCUT2D eigenvalue weighted by atomic mass is 9.82. The van der Waals surface area contributed by atoms with Crippen LogP contribution < -0.4 is 5.32 Å². The predicted octanol–water partition coefficient (Wildman–Crippen LogP) is 4.04. The molecule has 1 spiro atoms. The van der Waals surface area contributed by atoms with Gasteiger partial charge in [-0.05, 0) is 37.8 Å². The van der Waals surface area contributed by atoms with Crippen molar-refractivity contribution in [1.29, 1.82) is 0 Å². The minimum Gasteiger partial charge on any atom is -0.323 e. The lowest BCUT2D eigenvalue weighted by Gasteiger charge is -2.36. The number of hydrogen-bond acceptors (Lipinski definition) is 5. The third-order valence-corrected chi connectivity index (χ3v) is 7.62. The molecule has 1 saturated carbocycles. The second kappa shape index (κ2) is 7.12. The Kier molecular flexibility index (Phi) is 4.59. The van der Waals surface area contributed by atoms with Crippen LogP contribution in [0.4, 0.5) is 4.79 Å². The zero-order chi connectivity index (χ0) is 19.1. The van der Waals surface area contributed by atoms with E-state index in [1.54, 1.807) is 11.3 Å². The highest BCUT2D eigenvalue weighted by Gasteiger charge is 2.51. The molecule has 3 heterocycles. The molecule has 3 aliphatic rings. The monoisotopic (exact) mass is 398 g/mol. The highest BCUT2D eigenvalue weighted by molar-refractivity contribution is 7.18. The summed E-state index contributed by atoms with van der Waals surface area (Å²) in [6, 6.07) is 8.16. The van der Waals surface area contributed by atoms with Crippen LogP contribution >= 0.6 is 11.3 Å². The van der Waals surface area contributed by atoms with E-state index in [0.717, 1.165) is 68.4 Å². The number of nitrogens with one attached hydrogen (secondary N) is 1. The van der Waals surface area contributed by atoms with Crippen molar-refractivity contribution in [3.05, 3.63) is 29.3 Å². The van der Waals surface area contributed by atoms with Crippen molar-refractivity contribution in [2.45, 2.75) is 62.9 Å². The molecular formula is C21H26N4O2S. The van der Waals surface area contributed by atoms with E-state index < -0.39 is 5.54 Å². The summed E-state index contributed by atoms with van der Waals surface area (Å²) in [7, 11) is 0. The molecule has 5 rings (SSSR count). The Morgan fingerprint density at radius 3 is 2.75 bits per heavy atom. The molecule has 28 heavy (non-hydrogen) atoms. The fourth-order valence-electron chi connectivity index (χ4n) is 4.95. The molecule has 3 fully saturated rings. The molecule has 1 aromatic heterocycles. The van der Waals surface area contributed by atoms with E-state index in [0.29, 0.717) is 6.67 Å². The van der Waals surface area contributed by atoms with Crippen LogP contribution in [0.2, 0.25) is 0 Å². The zero-order valence-electron chi connectivity index (χ0n) is 16.0. The van der Waals surface area contributed by atoms with Gasteiger partial charge in [-0.1, -0.05) is 37.8 Å². The van der Waals surface area contributed by atoms with Gasteiger partial charge in [0.05, 0.1) is 22.9 Å². The molecule has 1 aliphatic carbocycles. The number of imide groups is 1. The van der Waals surface area contributed by atoms with Gasteiger partial charge in [0.25, 0.3) is 5.91 Å². The van der Waals surface area contributed by atoms with Gasteiger partial charge < -0.3 is 5.32 Å². The van der Waals surface area contributed by atoms with Gasteiger partial charge in [0.2, 0.25) is 0 Å². The predicted molar refractivity (Wildman–Crippen MR) is 109 cm³/mol. The second-order valence-corrected chi connectivity index (χ2v) is 9.35. The fraction of sp³-hybridized carbons (Fsp3) is 0.571. The average Bonchev–Trinajstić information content (AvgIpc) is 3.24. The van der Waals surface area contributed by atoms with Crippen molar-refractivity contribution >= 4 is 33.5 Å². The lowest BCUT2D eigenvalue weighted by molar-refractivity contribution is -0.134. The first-order valence-corrected chi connectivity index (χ1v) is 11.2. The quantitative estimate of drug-likeness (QED) is 0.793. The molecule has 2 saturated heterocycles. The number of para-hydroxylation sites is 1. The number of rotatable bonds is 3. The van der Waals surface area contributed by atoms with Crippen molar-refractivity contribution in [3.8, 4) is 0 Å². The number of nitrogens with zero attached hydrogens (tertiary/aromatic N) is 3. The maximum Gasteiger partial charge on any atom is 0.326 e. The van der Waals surface area contributed by atoms with E-state index in [2.05, 4.69) is 16.3 Å². The molecule has 1 aromatic carbocycles. The van der Waals surface area contributed by atoms with Crippen molar-refractivity contribution in [3.63, 3.8) is 0 Å². The smallest absolute Gasteiger partial charge is 0.323 e. The Morgan fingerprint density at radius 2 is 1.93 bits per heavy atom. The zero-order valence-corrected chi connectivity index (χ0v) is 16.8. The van der Waals surface area contributed by atoms with Gasteiger partial charge in [-0.3, -0.25) is 9.69 Å². The maximum atomic E-state index is 13.2. The number of fused-ring (bicyclic) bond motifs is 1. The number of carbonyl (C=O) groups excluding carboxylic acids is 2. The summed E-state index contributed by atoms with van der Waals surface area (Å²) in [4.78, 5) is 34.4. The van der Waals surface area contributed by atoms with E-state index >= 15 is 0 Å². The molecule has 148 valence electrons. The van der Waals surface area contributed by atoms with Crippen LogP contribution in [0.25, 0.3) is 10.2 Å². The van der Waals surface area contributed by atoms with E-state index in [-0.39, 0.29) is 18.0 Å². The Bertz CT molecular complexity index is 872. The third kappa shape index (κ3) is 3.01. The molecule has 6 nitrogen and oxygen atoms in total. The van der Waals surface area contributed by atoms with Crippen LogP contribution in [0, 0.1) is 0 Å². The number of thiazole rings is 1. The topological polar surface area (TPSA) is 65.5 Å². The number of piperidine rings is 1. The molecule has 0 unspecified atom stereocenters. The number of carbonyl (C=O) groups is 2. The summed E-state index contributed by atoms with van der Waals surface area (Å²) in [6.45, 7) is 1.26. The Hall–Kier alpha value is -1.99. The van der Waals surface area contributed by atoms with Gasteiger partial charge >= 0.3 is 6.03 Å². The Labute approximate surface area is 168 Å². The highest BCUT2D eigenvalue weighted by Crippen LogP contribution is 2.38. The van der Waals surface area contributed by atoms with Crippen molar-refractivity contribution < 1.29 is 9.59 Å². The Morgan fingerprint density at radius 1 is 1.11 bits per heavy atom.